The molecule has 5 nitrogen and oxygen atoms in total. The highest BCUT2D eigenvalue weighted by Gasteiger charge is 2.48. The van der Waals surface area contributed by atoms with Crippen LogP contribution in [0.2, 0.25) is 0 Å². The van der Waals surface area contributed by atoms with Gasteiger partial charge in [-0.05, 0) is 36.3 Å². The topological polar surface area (TPSA) is 57.7 Å². The van der Waals surface area contributed by atoms with E-state index in [1.807, 2.05) is 18.2 Å². The average molecular weight is 370 g/mol. The van der Waals surface area contributed by atoms with Gasteiger partial charge in [-0.1, -0.05) is 66.8 Å². The second-order valence-electron chi connectivity index (χ2n) is 6.47. The molecule has 4 amide bonds. The Labute approximate surface area is 162 Å². The molecule has 28 heavy (non-hydrogen) atoms. The third-order valence-electron chi connectivity index (χ3n) is 4.69. The van der Waals surface area contributed by atoms with Crippen LogP contribution in [0.25, 0.3) is 0 Å². The summed E-state index contributed by atoms with van der Waals surface area (Å²) in [5, 5.41) is 0. The molecule has 1 aliphatic heterocycles. The monoisotopic (exact) mass is 370 g/mol. The molecule has 0 spiro atoms. The predicted molar refractivity (Wildman–Crippen MR) is 108 cm³/mol. The van der Waals surface area contributed by atoms with Crippen molar-refractivity contribution in [3.63, 3.8) is 0 Å². The molecule has 1 heterocycles. The minimum absolute atomic E-state index is 0.435. The number of anilines is 2. The molecule has 1 fully saturated rings. The highest BCUT2D eigenvalue weighted by atomic mass is 16.2. The van der Waals surface area contributed by atoms with Crippen LogP contribution in [0.1, 0.15) is 6.42 Å². The van der Waals surface area contributed by atoms with E-state index in [9.17, 15) is 14.4 Å². The molecule has 0 aromatic heterocycles. The van der Waals surface area contributed by atoms with Crippen molar-refractivity contribution < 1.29 is 14.4 Å². The highest BCUT2D eigenvalue weighted by Crippen LogP contribution is 2.32. The highest BCUT2D eigenvalue weighted by molar-refractivity contribution is 6.37. The van der Waals surface area contributed by atoms with E-state index >= 15 is 0 Å². The van der Waals surface area contributed by atoms with Crippen LogP contribution in [0.4, 0.5) is 16.2 Å². The first-order valence-electron chi connectivity index (χ1n) is 9.04. The van der Waals surface area contributed by atoms with Gasteiger partial charge in [0.1, 0.15) is 5.92 Å². The molecule has 0 N–H and O–H groups in total. The second-order valence-corrected chi connectivity index (χ2v) is 6.47. The number of urea groups is 1. The fourth-order valence-corrected chi connectivity index (χ4v) is 3.36. The maximum atomic E-state index is 13.3. The van der Waals surface area contributed by atoms with Gasteiger partial charge in [-0.15, -0.1) is 0 Å². The number of rotatable bonds is 3. The van der Waals surface area contributed by atoms with Crippen LogP contribution in [0.15, 0.2) is 96.6 Å². The van der Waals surface area contributed by atoms with Gasteiger partial charge in [0, 0.05) is 0 Å². The van der Waals surface area contributed by atoms with Crippen molar-refractivity contribution in [3.8, 4) is 0 Å². The maximum absolute atomic E-state index is 13.3. The van der Waals surface area contributed by atoms with Crippen LogP contribution < -0.4 is 9.80 Å². The van der Waals surface area contributed by atoms with Gasteiger partial charge >= 0.3 is 6.03 Å². The predicted octanol–water partition coefficient (Wildman–Crippen LogP) is 4.25. The van der Waals surface area contributed by atoms with Gasteiger partial charge in [-0.2, -0.15) is 0 Å². The lowest BCUT2D eigenvalue weighted by Gasteiger charge is -2.37. The number of para-hydroxylation sites is 2. The summed E-state index contributed by atoms with van der Waals surface area (Å²) in [7, 11) is 0. The van der Waals surface area contributed by atoms with Crippen LogP contribution >= 0.6 is 0 Å². The first-order valence-corrected chi connectivity index (χ1v) is 9.04. The maximum Gasteiger partial charge on any atom is 0.342 e. The van der Waals surface area contributed by atoms with Crippen molar-refractivity contribution >= 4 is 29.2 Å². The molecule has 0 bridgehead atoms. The molecule has 5 heteroatoms. The van der Waals surface area contributed by atoms with Crippen molar-refractivity contribution in [1.29, 1.82) is 0 Å². The molecule has 0 saturated carbocycles. The van der Waals surface area contributed by atoms with Crippen LogP contribution in [-0.2, 0) is 9.59 Å². The average Bonchev–Trinajstić information content (AvgIpc) is 2.99. The van der Waals surface area contributed by atoms with E-state index < -0.39 is 23.8 Å². The summed E-state index contributed by atoms with van der Waals surface area (Å²) in [4.78, 5) is 42.0. The lowest BCUT2D eigenvalue weighted by atomic mass is 9.92. The van der Waals surface area contributed by atoms with Crippen molar-refractivity contribution in [2.45, 2.75) is 6.42 Å². The molecule has 2 aromatic carbocycles. The number of nitrogens with zero attached hydrogens (tertiary/aromatic N) is 2. The molecule has 0 atom stereocenters. The smallest absolute Gasteiger partial charge is 0.273 e. The fraction of sp³-hybridized carbons (Fsp3) is 0.0870. The van der Waals surface area contributed by atoms with Gasteiger partial charge in [0.25, 0.3) is 11.8 Å². The Morgan fingerprint density at radius 2 is 1.25 bits per heavy atom. The van der Waals surface area contributed by atoms with E-state index in [0.29, 0.717) is 16.9 Å². The first kappa shape index (κ1) is 17.7. The first-order chi connectivity index (χ1) is 13.7. The summed E-state index contributed by atoms with van der Waals surface area (Å²) in [6, 6.07) is 16.7. The van der Waals surface area contributed by atoms with Crippen molar-refractivity contribution in [2.75, 3.05) is 9.80 Å². The van der Waals surface area contributed by atoms with Gasteiger partial charge in [-0.25, -0.2) is 14.6 Å². The largest absolute Gasteiger partial charge is 0.342 e. The quantitative estimate of drug-likeness (QED) is 0.759. The normalized spacial score (nSPS) is 17.7. The third-order valence-corrected chi connectivity index (χ3v) is 4.69. The van der Waals surface area contributed by atoms with Crippen molar-refractivity contribution in [2.24, 2.45) is 5.92 Å². The zero-order chi connectivity index (χ0) is 19.5. The lowest BCUT2D eigenvalue weighted by Crippen LogP contribution is -2.60. The Bertz CT molecular complexity index is 945. The Hall–Kier alpha value is -3.73. The summed E-state index contributed by atoms with van der Waals surface area (Å²) < 4.78 is 0. The Kier molecular flexibility index (Phi) is 4.72. The zero-order valence-electron chi connectivity index (χ0n) is 15.1. The number of allylic oxidation sites excluding steroid dienone is 5. The lowest BCUT2D eigenvalue weighted by molar-refractivity contribution is -0.130. The van der Waals surface area contributed by atoms with E-state index in [1.165, 1.54) is 0 Å². The van der Waals surface area contributed by atoms with Gasteiger partial charge < -0.3 is 0 Å². The van der Waals surface area contributed by atoms with Crippen LogP contribution in [-0.4, -0.2) is 17.8 Å². The van der Waals surface area contributed by atoms with Crippen molar-refractivity contribution in [1.82, 2.24) is 0 Å². The van der Waals surface area contributed by atoms with Gasteiger partial charge in [0.05, 0.1) is 11.4 Å². The summed E-state index contributed by atoms with van der Waals surface area (Å²) in [5.41, 5.74) is 1.44. The Balaban J connectivity index is 1.85. The summed E-state index contributed by atoms with van der Waals surface area (Å²) in [5.74, 6) is -2.17. The molecule has 0 unspecified atom stereocenters. The number of amides is 4. The van der Waals surface area contributed by atoms with E-state index in [0.717, 1.165) is 16.2 Å². The van der Waals surface area contributed by atoms with Gasteiger partial charge in [0.15, 0.2) is 0 Å². The SMILES string of the molecule is O=C1C(C2=CC=CCC=C2)C(=O)N(c2ccccc2)C(=O)N1c1ccccc1. The summed E-state index contributed by atoms with van der Waals surface area (Å²) in [6.07, 6.45) is 9.92. The van der Waals surface area contributed by atoms with E-state index in [-0.39, 0.29) is 0 Å². The fourth-order valence-electron chi connectivity index (χ4n) is 3.36. The molecule has 2 aliphatic rings. The van der Waals surface area contributed by atoms with Gasteiger partial charge in [-0.3, -0.25) is 9.59 Å². The molecular formula is C23H18N2O3. The molecule has 4 rings (SSSR count). The minimum atomic E-state index is -1.09. The molecule has 2 aromatic rings. The third kappa shape index (κ3) is 3.07. The molecule has 1 aliphatic carbocycles. The van der Waals surface area contributed by atoms with Crippen molar-refractivity contribution in [3.05, 3.63) is 96.6 Å². The number of benzene rings is 2. The number of hydrogen-bond donors (Lipinski definition) is 0. The number of carbonyl (C=O) groups is 3. The standard InChI is InChI=1S/C23H18N2O3/c26-21-20(17-11-5-1-2-6-12-17)22(27)25(19-15-9-4-10-16-19)23(28)24(21)18-13-7-3-8-14-18/h1,3-16,20H,2H2. The Morgan fingerprint density at radius 3 is 1.79 bits per heavy atom. The van der Waals surface area contributed by atoms with E-state index in [2.05, 4.69) is 0 Å². The number of barbiturate groups is 1. The zero-order valence-corrected chi connectivity index (χ0v) is 15.1. The molecule has 138 valence electrons. The number of hydrogen-bond acceptors (Lipinski definition) is 3. The number of imide groups is 2. The van der Waals surface area contributed by atoms with E-state index in [1.54, 1.807) is 72.8 Å². The summed E-state index contributed by atoms with van der Waals surface area (Å²) >= 11 is 0. The molecule has 1 saturated heterocycles. The number of carbonyl (C=O) groups excluding carboxylic acids is 3. The van der Waals surface area contributed by atoms with E-state index in [4.69, 9.17) is 0 Å². The van der Waals surface area contributed by atoms with Gasteiger partial charge in [0.2, 0.25) is 0 Å². The summed E-state index contributed by atoms with van der Waals surface area (Å²) in [6.45, 7) is 0. The molecular weight excluding hydrogens is 352 g/mol. The second kappa shape index (κ2) is 7.48. The van der Waals surface area contributed by atoms with Crippen LogP contribution in [0.5, 0.6) is 0 Å². The minimum Gasteiger partial charge on any atom is -0.273 e. The van der Waals surface area contributed by atoms with Crippen LogP contribution in [0.3, 0.4) is 0 Å². The Morgan fingerprint density at radius 1 is 0.714 bits per heavy atom. The van der Waals surface area contributed by atoms with Crippen LogP contribution in [0, 0.1) is 5.92 Å². The molecule has 0 radical (unpaired) electrons.